The number of likely N-dealkylation sites (N-methyl/N-ethyl adjacent to an activating group) is 1. The van der Waals surface area contributed by atoms with E-state index < -0.39 is 0 Å². The lowest BCUT2D eigenvalue weighted by atomic mass is 10.1. The minimum Gasteiger partial charge on any atom is -0.380 e. The Bertz CT molecular complexity index is 102. The van der Waals surface area contributed by atoms with Gasteiger partial charge in [0.25, 0.3) is 0 Å². The summed E-state index contributed by atoms with van der Waals surface area (Å²) in [6.45, 7) is 9.78. The molecule has 0 spiro atoms. The Labute approximate surface area is 90.6 Å². The monoisotopic (exact) mass is 203 g/mol. The van der Waals surface area contributed by atoms with Crippen LogP contribution in [0.2, 0.25) is 0 Å². The van der Waals surface area contributed by atoms with Crippen LogP contribution in [0.1, 0.15) is 40.5 Å². The largest absolute Gasteiger partial charge is 0.380 e. The summed E-state index contributed by atoms with van der Waals surface area (Å²) in [5, 5.41) is 0. The van der Waals surface area contributed by atoms with E-state index >= 15 is 0 Å². The second-order valence-corrected chi connectivity index (χ2v) is 4.49. The molecule has 0 bridgehead atoms. The summed E-state index contributed by atoms with van der Waals surface area (Å²) in [7, 11) is 5.80. The molecule has 0 saturated heterocycles. The molecule has 0 aromatic carbocycles. The molecule has 1 atom stereocenters. The molecule has 2 nitrogen and oxygen atoms in total. The van der Waals surface area contributed by atoms with E-state index in [1.807, 2.05) is 14.1 Å². The van der Waals surface area contributed by atoms with E-state index in [4.69, 9.17) is 4.74 Å². The van der Waals surface area contributed by atoms with E-state index in [0.29, 0.717) is 6.10 Å². The summed E-state index contributed by atoms with van der Waals surface area (Å²) in [5.41, 5.74) is 0. The molecular weight excluding hydrogens is 174 g/mol. The van der Waals surface area contributed by atoms with Gasteiger partial charge in [0.15, 0.2) is 0 Å². The standard InChI is InChI=1S/C6H15NO.C6H14/c1-6(8-4)5-7(2)3;1-4-5-6(2)3/h6H,5H2,1-4H3;6H,4-5H2,1-3H3. The summed E-state index contributed by atoms with van der Waals surface area (Å²) in [6.07, 6.45) is 3.06. The molecule has 0 radical (unpaired) electrons. The van der Waals surface area contributed by atoms with Crippen LogP contribution in [0.25, 0.3) is 0 Å². The van der Waals surface area contributed by atoms with Crippen molar-refractivity contribution in [1.29, 1.82) is 0 Å². The molecule has 0 aliphatic carbocycles. The second kappa shape index (κ2) is 11.0. The van der Waals surface area contributed by atoms with Crippen molar-refractivity contribution in [3.05, 3.63) is 0 Å². The Hall–Kier alpha value is -0.0800. The molecule has 88 valence electrons. The van der Waals surface area contributed by atoms with E-state index in [9.17, 15) is 0 Å². The van der Waals surface area contributed by atoms with Gasteiger partial charge < -0.3 is 9.64 Å². The maximum atomic E-state index is 5.02. The predicted molar refractivity (Wildman–Crippen MR) is 64.8 cm³/mol. The zero-order valence-corrected chi connectivity index (χ0v) is 11.1. The maximum absolute atomic E-state index is 5.02. The van der Waals surface area contributed by atoms with Crippen LogP contribution in [0.3, 0.4) is 0 Å². The highest BCUT2D eigenvalue weighted by Gasteiger charge is 1.98. The molecule has 1 unspecified atom stereocenters. The average molecular weight is 203 g/mol. The Morgan fingerprint density at radius 1 is 1.14 bits per heavy atom. The fourth-order valence-corrected chi connectivity index (χ4v) is 1.17. The van der Waals surface area contributed by atoms with Gasteiger partial charge in [-0.3, -0.25) is 0 Å². The molecule has 0 aliphatic rings. The highest BCUT2D eigenvalue weighted by molar-refractivity contribution is 4.50. The van der Waals surface area contributed by atoms with Crippen LogP contribution >= 0.6 is 0 Å². The van der Waals surface area contributed by atoms with Crippen molar-refractivity contribution in [3.8, 4) is 0 Å². The first-order valence-electron chi connectivity index (χ1n) is 5.61. The highest BCUT2D eigenvalue weighted by Crippen LogP contribution is 2.00. The number of rotatable bonds is 5. The lowest BCUT2D eigenvalue weighted by molar-refractivity contribution is 0.0929. The molecule has 0 heterocycles. The summed E-state index contributed by atoms with van der Waals surface area (Å²) in [5.74, 6) is 0.898. The number of ether oxygens (including phenoxy) is 1. The van der Waals surface area contributed by atoms with Crippen LogP contribution < -0.4 is 0 Å². The van der Waals surface area contributed by atoms with Gasteiger partial charge in [-0.25, -0.2) is 0 Å². The number of nitrogens with zero attached hydrogens (tertiary/aromatic N) is 1. The molecule has 2 heteroatoms. The van der Waals surface area contributed by atoms with Crippen LogP contribution in [0, 0.1) is 5.92 Å². The van der Waals surface area contributed by atoms with Gasteiger partial charge in [0.05, 0.1) is 6.10 Å². The second-order valence-electron chi connectivity index (χ2n) is 4.49. The Morgan fingerprint density at radius 2 is 1.64 bits per heavy atom. The van der Waals surface area contributed by atoms with Crippen LogP contribution in [-0.2, 0) is 4.74 Å². The molecule has 0 aromatic heterocycles. The quantitative estimate of drug-likeness (QED) is 0.681. The summed E-state index contributed by atoms with van der Waals surface area (Å²) in [6, 6.07) is 0. The molecular formula is C12H29NO. The summed E-state index contributed by atoms with van der Waals surface area (Å²) >= 11 is 0. The molecule has 0 amide bonds. The molecule has 0 aromatic rings. The lowest BCUT2D eigenvalue weighted by Crippen LogP contribution is -2.24. The number of methoxy groups -OCH3 is 1. The Morgan fingerprint density at radius 3 is 1.71 bits per heavy atom. The number of hydrogen-bond acceptors (Lipinski definition) is 2. The molecule has 0 fully saturated rings. The third-order valence-electron chi connectivity index (χ3n) is 1.89. The minimum absolute atomic E-state index is 0.352. The molecule has 14 heavy (non-hydrogen) atoms. The smallest absolute Gasteiger partial charge is 0.0669 e. The van der Waals surface area contributed by atoms with Gasteiger partial charge in [-0.05, 0) is 26.9 Å². The van der Waals surface area contributed by atoms with Crippen molar-refractivity contribution in [2.45, 2.75) is 46.6 Å². The SMILES string of the molecule is CCCC(C)C.COC(C)CN(C)C. The van der Waals surface area contributed by atoms with Gasteiger partial charge in [0.1, 0.15) is 0 Å². The number of hydrogen-bond donors (Lipinski definition) is 0. The molecule has 0 rings (SSSR count). The van der Waals surface area contributed by atoms with E-state index in [1.54, 1.807) is 7.11 Å². The van der Waals surface area contributed by atoms with E-state index in [1.165, 1.54) is 12.8 Å². The van der Waals surface area contributed by atoms with Gasteiger partial charge >= 0.3 is 0 Å². The molecule has 0 saturated carbocycles. The van der Waals surface area contributed by atoms with Crippen LogP contribution in [0.4, 0.5) is 0 Å². The van der Waals surface area contributed by atoms with E-state index in [-0.39, 0.29) is 0 Å². The van der Waals surface area contributed by atoms with Gasteiger partial charge in [-0.15, -0.1) is 0 Å². The van der Waals surface area contributed by atoms with Crippen molar-refractivity contribution in [3.63, 3.8) is 0 Å². The van der Waals surface area contributed by atoms with Crippen LogP contribution in [-0.4, -0.2) is 38.8 Å². The van der Waals surface area contributed by atoms with Crippen molar-refractivity contribution < 1.29 is 4.74 Å². The maximum Gasteiger partial charge on any atom is 0.0669 e. The third-order valence-corrected chi connectivity index (χ3v) is 1.89. The first kappa shape index (κ1) is 16.4. The predicted octanol–water partition coefficient (Wildman–Crippen LogP) is 3.03. The van der Waals surface area contributed by atoms with Gasteiger partial charge in [0.2, 0.25) is 0 Å². The van der Waals surface area contributed by atoms with Crippen molar-refractivity contribution in [1.82, 2.24) is 4.90 Å². The van der Waals surface area contributed by atoms with E-state index in [0.717, 1.165) is 12.5 Å². The zero-order valence-electron chi connectivity index (χ0n) is 11.1. The normalized spacial score (nSPS) is 12.6. The Kier molecular flexibility index (Phi) is 12.8. The topological polar surface area (TPSA) is 12.5 Å². The van der Waals surface area contributed by atoms with Crippen LogP contribution in [0.5, 0.6) is 0 Å². The van der Waals surface area contributed by atoms with Gasteiger partial charge in [-0.1, -0.05) is 33.6 Å². The summed E-state index contributed by atoms with van der Waals surface area (Å²) < 4.78 is 5.02. The van der Waals surface area contributed by atoms with Gasteiger partial charge in [0, 0.05) is 13.7 Å². The van der Waals surface area contributed by atoms with Crippen molar-refractivity contribution in [2.24, 2.45) is 5.92 Å². The average Bonchev–Trinajstić information content (AvgIpc) is 2.03. The third kappa shape index (κ3) is 17.9. The summed E-state index contributed by atoms with van der Waals surface area (Å²) in [4.78, 5) is 2.11. The van der Waals surface area contributed by atoms with Gasteiger partial charge in [-0.2, -0.15) is 0 Å². The fourth-order valence-electron chi connectivity index (χ4n) is 1.17. The fraction of sp³-hybridized carbons (Fsp3) is 1.00. The minimum atomic E-state index is 0.352. The Balaban J connectivity index is 0. The lowest BCUT2D eigenvalue weighted by Gasteiger charge is -2.14. The first-order chi connectivity index (χ1) is 6.43. The van der Waals surface area contributed by atoms with E-state index in [2.05, 4.69) is 32.6 Å². The first-order valence-corrected chi connectivity index (χ1v) is 5.61. The molecule has 0 N–H and O–H groups in total. The van der Waals surface area contributed by atoms with Crippen molar-refractivity contribution >= 4 is 0 Å². The molecule has 0 aliphatic heterocycles. The zero-order chi connectivity index (χ0) is 11.6. The van der Waals surface area contributed by atoms with Crippen LogP contribution in [0.15, 0.2) is 0 Å². The highest BCUT2D eigenvalue weighted by atomic mass is 16.5. The van der Waals surface area contributed by atoms with Crippen molar-refractivity contribution in [2.75, 3.05) is 27.7 Å².